The van der Waals surface area contributed by atoms with Gasteiger partial charge in [0, 0.05) is 12.1 Å². The molecule has 0 spiro atoms. The molecule has 0 radical (unpaired) electrons. The van der Waals surface area contributed by atoms with Crippen LogP contribution in [-0.2, 0) is 9.53 Å². The van der Waals surface area contributed by atoms with Crippen molar-refractivity contribution in [2.45, 2.75) is 56.7 Å². The van der Waals surface area contributed by atoms with E-state index in [4.69, 9.17) is 4.74 Å². The first-order chi connectivity index (χ1) is 10.6. The normalized spacial score (nSPS) is 29.3. The van der Waals surface area contributed by atoms with Crippen LogP contribution >= 0.6 is 0 Å². The number of hydrogen-bond acceptors (Lipinski definition) is 4. The zero-order valence-electron chi connectivity index (χ0n) is 13.4. The van der Waals surface area contributed by atoms with Crippen molar-refractivity contribution in [1.29, 1.82) is 0 Å². The lowest BCUT2D eigenvalue weighted by Crippen LogP contribution is -2.43. The highest BCUT2D eigenvalue weighted by atomic mass is 16.5. The summed E-state index contributed by atoms with van der Waals surface area (Å²) in [5.41, 5.74) is 1.97. The van der Waals surface area contributed by atoms with Crippen LogP contribution in [0.5, 0.6) is 0 Å². The lowest BCUT2D eigenvalue weighted by molar-refractivity contribution is -0.155. The molecule has 0 aromatic heterocycles. The molecular formula is C18H25NO3. The SMILES string of the molecule is Cc1ccc(C(CO)C(=O)OC2CC3CCC(C2)N3C)cc1. The molecule has 22 heavy (non-hydrogen) atoms. The molecule has 2 fully saturated rings. The highest BCUT2D eigenvalue weighted by Gasteiger charge is 2.40. The van der Waals surface area contributed by atoms with Crippen LogP contribution in [0.1, 0.15) is 42.7 Å². The Morgan fingerprint density at radius 2 is 1.86 bits per heavy atom. The number of fused-ring (bicyclic) bond motifs is 2. The summed E-state index contributed by atoms with van der Waals surface area (Å²) in [7, 11) is 2.17. The number of esters is 1. The van der Waals surface area contributed by atoms with Crippen LogP contribution in [0.2, 0.25) is 0 Å². The second-order valence-corrected chi connectivity index (χ2v) is 6.73. The maximum absolute atomic E-state index is 12.4. The smallest absolute Gasteiger partial charge is 0.316 e. The molecule has 2 aliphatic heterocycles. The van der Waals surface area contributed by atoms with Gasteiger partial charge in [0.1, 0.15) is 12.0 Å². The van der Waals surface area contributed by atoms with E-state index in [1.807, 2.05) is 31.2 Å². The fourth-order valence-electron chi connectivity index (χ4n) is 3.82. The molecule has 0 amide bonds. The van der Waals surface area contributed by atoms with Crippen LogP contribution in [-0.4, -0.2) is 47.8 Å². The molecule has 2 aliphatic rings. The Balaban J connectivity index is 1.64. The molecule has 0 saturated carbocycles. The van der Waals surface area contributed by atoms with Gasteiger partial charge in [-0.25, -0.2) is 0 Å². The molecule has 2 saturated heterocycles. The number of carbonyl (C=O) groups is 1. The van der Waals surface area contributed by atoms with Gasteiger partial charge in [0.2, 0.25) is 0 Å². The molecular weight excluding hydrogens is 278 g/mol. The van der Waals surface area contributed by atoms with E-state index in [9.17, 15) is 9.90 Å². The second-order valence-electron chi connectivity index (χ2n) is 6.73. The predicted octanol–water partition coefficient (Wildman–Crippen LogP) is 2.24. The first-order valence-corrected chi connectivity index (χ1v) is 8.18. The number of ether oxygens (including phenoxy) is 1. The number of benzene rings is 1. The molecule has 3 rings (SSSR count). The molecule has 4 heteroatoms. The van der Waals surface area contributed by atoms with E-state index in [-0.39, 0.29) is 18.7 Å². The molecule has 2 bridgehead atoms. The summed E-state index contributed by atoms with van der Waals surface area (Å²) in [6, 6.07) is 8.81. The molecule has 3 atom stereocenters. The number of aryl methyl sites for hydroxylation is 1. The maximum Gasteiger partial charge on any atom is 0.316 e. The third kappa shape index (κ3) is 3.03. The first kappa shape index (κ1) is 15.5. The summed E-state index contributed by atoms with van der Waals surface area (Å²) in [6.07, 6.45) is 4.25. The van der Waals surface area contributed by atoms with Crippen LogP contribution in [0.25, 0.3) is 0 Å². The highest BCUT2D eigenvalue weighted by molar-refractivity contribution is 5.78. The van der Waals surface area contributed by atoms with Crippen molar-refractivity contribution in [2.75, 3.05) is 13.7 Å². The van der Waals surface area contributed by atoms with Crippen molar-refractivity contribution in [1.82, 2.24) is 4.90 Å². The van der Waals surface area contributed by atoms with Crippen molar-refractivity contribution in [2.24, 2.45) is 0 Å². The molecule has 4 nitrogen and oxygen atoms in total. The van der Waals surface area contributed by atoms with Gasteiger partial charge in [0.05, 0.1) is 6.61 Å². The molecule has 0 aliphatic carbocycles. The Morgan fingerprint density at radius 3 is 2.41 bits per heavy atom. The lowest BCUT2D eigenvalue weighted by Gasteiger charge is -2.36. The van der Waals surface area contributed by atoms with Crippen LogP contribution in [0.15, 0.2) is 24.3 Å². The van der Waals surface area contributed by atoms with Gasteiger partial charge in [-0.15, -0.1) is 0 Å². The van der Waals surface area contributed by atoms with E-state index in [2.05, 4.69) is 11.9 Å². The predicted molar refractivity (Wildman–Crippen MR) is 84.7 cm³/mol. The topological polar surface area (TPSA) is 49.8 Å². The Kier molecular flexibility index (Phi) is 4.50. The van der Waals surface area contributed by atoms with E-state index < -0.39 is 5.92 Å². The largest absolute Gasteiger partial charge is 0.462 e. The minimum absolute atomic E-state index is 0.000647. The molecule has 1 aromatic rings. The Hall–Kier alpha value is -1.39. The number of piperidine rings is 1. The molecule has 120 valence electrons. The summed E-state index contributed by atoms with van der Waals surface area (Å²) in [5, 5.41) is 9.60. The van der Waals surface area contributed by atoms with E-state index in [1.165, 1.54) is 12.8 Å². The molecule has 2 heterocycles. The third-order valence-corrected chi connectivity index (χ3v) is 5.28. The Labute approximate surface area is 132 Å². The molecule has 3 unspecified atom stereocenters. The van der Waals surface area contributed by atoms with E-state index >= 15 is 0 Å². The number of carbonyl (C=O) groups excluding carboxylic acids is 1. The number of hydrogen-bond donors (Lipinski definition) is 1. The fraction of sp³-hybridized carbons (Fsp3) is 0.611. The van der Waals surface area contributed by atoms with Crippen molar-refractivity contribution in [3.05, 3.63) is 35.4 Å². The standard InChI is InChI=1S/C18H25NO3/c1-12-3-5-13(6-4-12)17(11-20)18(21)22-16-9-14-7-8-15(10-16)19(14)2/h3-6,14-17,20H,7-11H2,1-2H3. The Morgan fingerprint density at radius 1 is 1.27 bits per heavy atom. The van der Waals surface area contributed by atoms with Crippen LogP contribution in [0.4, 0.5) is 0 Å². The van der Waals surface area contributed by atoms with Gasteiger partial charge < -0.3 is 14.7 Å². The summed E-state index contributed by atoms with van der Waals surface area (Å²) >= 11 is 0. The van der Waals surface area contributed by atoms with Gasteiger partial charge in [-0.2, -0.15) is 0 Å². The van der Waals surface area contributed by atoms with Gasteiger partial charge in [0.25, 0.3) is 0 Å². The minimum atomic E-state index is -0.571. The number of rotatable bonds is 4. The Bertz CT molecular complexity index is 514. The summed E-state index contributed by atoms with van der Waals surface area (Å²) < 4.78 is 5.73. The fourth-order valence-corrected chi connectivity index (χ4v) is 3.82. The number of aliphatic hydroxyl groups is 1. The van der Waals surface area contributed by atoms with Gasteiger partial charge in [0.15, 0.2) is 0 Å². The molecule has 1 N–H and O–H groups in total. The van der Waals surface area contributed by atoms with Gasteiger partial charge in [-0.3, -0.25) is 4.79 Å². The van der Waals surface area contributed by atoms with Gasteiger partial charge in [-0.1, -0.05) is 29.8 Å². The number of aliphatic hydroxyl groups excluding tert-OH is 1. The van der Waals surface area contributed by atoms with Crippen molar-refractivity contribution in [3.8, 4) is 0 Å². The maximum atomic E-state index is 12.4. The van der Waals surface area contributed by atoms with E-state index in [0.29, 0.717) is 12.1 Å². The van der Waals surface area contributed by atoms with Crippen molar-refractivity contribution in [3.63, 3.8) is 0 Å². The monoisotopic (exact) mass is 303 g/mol. The average molecular weight is 303 g/mol. The summed E-state index contributed by atoms with van der Waals surface area (Å²) in [4.78, 5) is 14.9. The average Bonchev–Trinajstić information content (AvgIpc) is 2.72. The van der Waals surface area contributed by atoms with Gasteiger partial charge >= 0.3 is 5.97 Å². The lowest BCUT2D eigenvalue weighted by atomic mass is 9.97. The summed E-state index contributed by atoms with van der Waals surface area (Å²) in [5.74, 6) is -0.863. The van der Waals surface area contributed by atoms with Crippen LogP contribution in [0, 0.1) is 6.92 Å². The summed E-state index contributed by atoms with van der Waals surface area (Å²) in [6.45, 7) is 1.80. The van der Waals surface area contributed by atoms with Crippen LogP contribution < -0.4 is 0 Å². The zero-order chi connectivity index (χ0) is 15.7. The first-order valence-electron chi connectivity index (χ1n) is 8.18. The van der Waals surface area contributed by atoms with E-state index in [1.54, 1.807) is 0 Å². The zero-order valence-corrected chi connectivity index (χ0v) is 13.4. The number of nitrogens with zero attached hydrogens (tertiary/aromatic N) is 1. The minimum Gasteiger partial charge on any atom is -0.462 e. The molecule has 1 aromatic carbocycles. The van der Waals surface area contributed by atoms with Crippen LogP contribution in [0.3, 0.4) is 0 Å². The third-order valence-electron chi connectivity index (χ3n) is 5.28. The van der Waals surface area contributed by atoms with Gasteiger partial charge in [-0.05, 0) is 45.2 Å². The highest BCUT2D eigenvalue weighted by Crippen LogP contribution is 2.36. The quantitative estimate of drug-likeness (QED) is 0.867. The second kappa shape index (κ2) is 6.39. The van der Waals surface area contributed by atoms with E-state index in [0.717, 1.165) is 24.0 Å². The van der Waals surface area contributed by atoms with Crippen molar-refractivity contribution < 1.29 is 14.6 Å². The van der Waals surface area contributed by atoms with Crippen molar-refractivity contribution >= 4 is 5.97 Å².